The Morgan fingerprint density at radius 3 is 2.81 bits per heavy atom. The van der Waals surface area contributed by atoms with Crippen LogP contribution in [0.3, 0.4) is 0 Å². The van der Waals surface area contributed by atoms with E-state index in [-0.39, 0.29) is 40.2 Å². The lowest BCUT2D eigenvalue weighted by Gasteiger charge is -2.35. The van der Waals surface area contributed by atoms with E-state index in [1.807, 2.05) is 0 Å². The lowest BCUT2D eigenvalue weighted by Crippen LogP contribution is -2.48. The lowest BCUT2D eigenvalue weighted by molar-refractivity contribution is 0.0607. The zero-order chi connectivity index (χ0) is 22.3. The van der Waals surface area contributed by atoms with Gasteiger partial charge in [-0.05, 0) is 29.4 Å². The molecule has 3 aromatic rings. The zero-order valence-electron chi connectivity index (χ0n) is 17.0. The van der Waals surface area contributed by atoms with Crippen molar-refractivity contribution in [2.45, 2.75) is 25.9 Å². The SMILES string of the molecule is C[C@@H]1C2CN3C(=O)c4c(O)c(=O)c(-c5nnc(Cc6ccc(F)cc6F)s5)cn4CC3C21. The van der Waals surface area contributed by atoms with E-state index in [1.165, 1.54) is 12.1 Å². The van der Waals surface area contributed by atoms with Crippen LogP contribution in [0.25, 0.3) is 10.6 Å². The maximum Gasteiger partial charge on any atom is 0.274 e. The highest BCUT2D eigenvalue weighted by Gasteiger charge is 2.61. The van der Waals surface area contributed by atoms with E-state index in [0.717, 1.165) is 17.4 Å². The molecule has 1 aliphatic carbocycles. The molecule has 6 rings (SSSR count). The number of hydrogen-bond acceptors (Lipinski definition) is 6. The molecule has 3 aliphatic rings. The van der Waals surface area contributed by atoms with Crippen molar-refractivity contribution >= 4 is 17.2 Å². The maximum atomic E-state index is 14.0. The molecule has 3 unspecified atom stereocenters. The Kier molecular flexibility index (Phi) is 4.08. The van der Waals surface area contributed by atoms with Gasteiger partial charge in [0.2, 0.25) is 5.43 Å². The number of fused-ring (bicyclic) bond motifs is 4. The van der Waals surface area contributed by atoms with Crippen molar-refractivity contribution < 1.29 is 18.7 Å². The van der Waals surface area contributed by atoms with Gasteiger partial charge in [0.05, 0.1) is 11.6 Å². The highest BCUT2D eigenvalue weighted by atomic mass is 32.1. The molecule has 4 heterocycles. The number of nitrogens with zero attached hydrogens (tertiary/aromatic N) is 4. The van der Waals surface area contributed by atoms with E-state index in [0.29, 0.717) is 35.9 Å². The summed E-state index contributed by atoms with van der Waals surface area (Å²) in [5, 5.41) is 19.4. The molecule has 1 N–H and O–H groups in total. The van der Waals surface area contributed by atoms with Gasteiger partial charge in [-0.3, -0.25) is 9.59 Å². The summed E-state index contributed by atoms with van der Waals surface area (Å²) in [5.41, 5.74) is -0.258. The van der Waals surface area contributed by atoms with Crippen LogP contribution in [0.5, 0.6) is 5.75 Å². The summed E-state index contributed by atoms with van der Waals surface area (Å²) in [4.78, 5) is 27.6. The molecule has 164 valence electrons. The van der Waals surface area contributed by atoms with E-state index in [4.69, 9.17) is 0 Å². The summed E-state index contributed by atoms with van der Waals surface area (Å²) in [7, 11) is 0. The predicted molar refractivity (Wildman–Crippen MR) is 111 cm³/mol. The highest BCUT2D eigenvalue weighted by molar-refractivity contribution is 7.14. The van der Waals surface area contributed by atoms with Crippen LogP contribution in [0.15, 0.2) is 29.2 Å². The number of piperidine rings is 1. The fraction of sp³-hybridized carbons (Fsp3) is 0.364. The summed E-state index contributed by atoms with van der Waals surface area (Å²) < 4.78 is 28.8. The molecule has 7 nitrogen and oxygen atoms in total. The fourth-order valence-electron chi connectivity index (χ4n) is 5.30. The second-order valence-electron chi connectivity index (χ2n) is 8.76. The predicted octanol–water partition coefficient (Wildman–Crippen LogP) is 2.66. The molecule has 0 radical (unpaired) electrons. The average Bonchev–Trinajstić information content (AvgIpc) is 3.09. The Morgan fingerprint density at radius 2 is 2.03 bits per heavy atom. The molecule has 2 fully saturated rings. The van der Waals surface area contributed by atoms with Crippen molar-refractivity contribution in [1.29, 1.82) is 0 Å². The van der Waals surface area contributed by atoms with E-state index in [2.05, 4.69) is 17.1 Å². The number of halogens is 2. The van der Waals surface area contributed by atoms with Crippen LogP contribution in [0.2, 0.25) is 0 Å². The van der Waals surface area contributed by atoms with Crippen molar-refractivity contribution in [3.63, 3.8) is 0 Å². The summed E-state index contributed by atoms with van der Waals surface area (Å²) in [5.74, 6) is -0.715. The molecule has 0 spiro atoms. The number of carbonyl (C=O) groups is 1. The maximum absolute atomic E-state index is 14.0. The molecule has 10 heteroatoms. The molecule has 1 aromatic carbocycles. The summed E-state index contributed by atoms with van der Waals surface area (Å²) in [6.07, 6.45) is 1.66. The molecule has 1 amide bonds. The molecular weight excluding hydrogens is 438 g/mol. The quantitative estimate of drug-likeness (QED) is 0.655. The van der Waals surface area contributed by atoms with E-state index in [9.17, 15) is 23.5 Å². The fourth-order valence-corrected chi connectivity index (χ4v) is 6.17. The number of rotatable bonds is 3. The minimum Gasteiger partial charge on any atom is -0.503 e. The van der Waals surface area contributed by atoms with Crippen LogP contribution in [0, 0.1) is 29.4 Å². The lowest BCUT2D eigenvalue weighted by atomic mass is 10.1. The van der Waals surface area contributed by atoms with Crippen molar-refractivity contribution in [2.75, 3.05) is 6.54 Å². The summed E-state index contributed by atoms with van der Waals surface area (Å²) in [6, 6.07) is 3.38. The van der Waals surface area contributed by atoms with Crippen LogP contribution in [-0.2, 0) is 13.0 Å². The number of benzene rings is 1. The van der Waals surface area contributed by atoms with Crippen molar-refractivity contribution in [1.82, 2.24) is 19.7 Å². The smallest absolute Gasteiger partial charge is 0.274 e. The van der Waals surface area contributed by atoms with Crippen LogP contribution in [-0.4, -0.2) is 43.3 Å². The molecule has 32 heavy (non-hydrogen) atoms. The van der Waals surface area contributed by atoms with Crippen LogP contribution < -0.4 is 5.43 Å². The number of hydrogen-bond donors (Lipinski definition) is 1. The Balaban J connectivity index is 1.35. The van der Waals surface area contributed by atoms with Gasteiger partial charge in [0.25, 0.3) is 5.91 Å². The Hall–Kier alpha value is -3.14. The summed E-state index contributed by atoms with van der Waals surface area (Å²) in [6.45, 7) is 3.37. The third-order valence-corrected chi connectivity index (χ3v) is 8.00. The monoisotopic (exact) mass is 456 g/mol. The van der Waals surface area contributed by atoms with E-state index in [1.54, 1.807) is 15.7 Å². The third kappa shape index (κ3) is 2.75. The first-order valence-electron chi connectivity index (χ1n) is 10.4. The van der Waals surface area contributed by atoms with Gasteiger partial charge in [0, 0.05) is 31.8 Å². The van der Waals surface area contributed by atoms with Crippen molar-refractivity contribution in [3.8, 4) is 16.3 Å². The Labute approximate surface area is 184 Å². The zero-order valence-corrected chi connectivity index (χ0v) is 17.8. The minimum atomic E-state index is -0.684. The number of aromatic nitrogens is 3. The van der Waals surface area contributed by atoms with E-state index >= 15 is 0 Å². The van der Waals surface area contributed by atoms with E-state index < -0.39 is 22.8 Å². The van der Waals surface area contributed by atoms with Gasteiger partial charge < -0.3 is 14.6 Å². The molecule has 2 aliphatic heterocycles. The number of pyridine rings is 1. The standard InChI is InChI=1S/C22H18F2N4O3S/c1-9-12-7-28-15(17(9)12)8-27-6-13(19(29)20(30)18(27)22(28)31)21-26-25-16(32-21)4-10-2-3-11(23)5-14(10)24/h2-3,5-6,9,12,15,17,30H,4,7-8H2,1H3/t9-,12?,15?,17?/m1/s1. The van der Waals surface area contributed by atoms with Gasteiger partial charge in [-0.15, -0.1) is 10.2 Å². The minimum absolute atomic E-state index is 0.0158. The molecule has 0 bridgehead atoms. The molecule has 2 aromatic heterocycles. The molecule has 1 saturated heterocycles. The van der Waals surface area contributed by atoms with Gasteiger partial charge in [-0.2, -0.15) is 0 Å². The molecular formula is C22H18F2N4O3S. The third-order valence-electron chi connectivity index (χ3n) is 7.05. The first-order valence-corrected chi connectivity index (χ1v) is 11.2. The topological polar surface area (TPSA) is 88.3 Å². The molecule has 1 saturated carbocycles. The van der Waals surface area contributed by atoms with Gasteiger partial charge in [0.15, 0.2) is 16.5 Å². The first-order chi connectivity index (χ1) is 15.3. The normalized spacial score (nSPS) is 25.5. The van der Waals surface area contributed by atoms with Gasteiger partial charge in [-0.25, -0.2) is 8.78 Å². The highest BCUT2D eigenvalue weighted by Crippen LogP contribution is 2.56. The first kappa shape index (κ1) is 19.5. The van der Waals surface area contributed by atoms with Gasteiger partial charge >= 0.3 is 0 Å². The molecule has 4 atom stereocenters. The Morgan fingerprint density at radius 1 is 1.22 bits per heavy atom. The number of amides is 1. The van der Waals surface area contributed by atoms with Gasteiger partial charge in [0.1, 0.15) is 16.6 Å². The van der Waals surface area contributed by atoms with Gasteiger partial charge in [-0.1, -0.05) is 24.3 Å². The second kappa shape index (κ2) is 6.68. The number of carbonyl (C=O) groups excluding carboxylic acids is 1. The largest absolute Gasteiger partial charge is 0.503 e. The Bertz CT molecular complexity index is 1350. The summed E-state index contributed by atoms with van der Waals surface area (Å²) >= 11 is 1.09. The van der Waals surface area contributed by atoms with Crippen molar-refractivity contribution in [2.24, 2.45) is 17.8 Å². The van der Waals surface area contributed by atoms with Crippen LogP contribution >= 0.6 is 11.3 Å². The average molecular weight is 456 g/mol. The van der Waals surface area contributed by atoms with Crippen molar-refractivity contribution in [3.05, 3.63) is 62.5 Å². The van der Waals surface area contributed by atoms with Crippen LogP contribution in [0.4, 0.5) is 8.78 Å². The number of aromatic hydroxyl groups is 1. The second-order valence-corrected chi connectivity index (χ2v) is 9.82. The van der Waals surface area contributed by atoms with Crippen LogP contribution in [0.1, 0.15) is 28.0 Å².